The number of nitrogens with zero attached hydrogens (tertiary/aromatic N) is 3. The summed E-state index contributed by atoms with van der Waals surface area (Å²) < 4.78 is 0. The Balaban J connectivity index is 1.75. The van der Waals surface area contributed by atoms with E-state index in [1.54, 1.807) is 6.20 Å². The number of anilines is 2. The number of aromatic nitrogens is 2. The van der Waals surface area contributed by atoms with Crippen LogP contribution in [0.1, 0.15) is 35.0 Å². The lowest BCUT2D eigenvalue weighted by Gasteiger charge is -2.22. The summed E-state index contributed by atoms with van der Waals surface area (Å²) in [6.07, 6.45) is 4.22. The van der Waals surface area contributed by atoms with E-state index in [1.807, 2.05) is 6.07 Å². The summed E-state index contributed by atoms with van der Waals surface area (Å²) in [4.78, 5) is 23.3. The van der Waals surface area contributed by atoms with Crippen LogP contribution >= 0.6 is 0 Å². The van der Waals surface area contributed by atoms with Gasteiger partial charge in [-0.05, 0) is 30.4 Å². The Hall–Kier alpha value is -2.23. The van der Waals surface area contributed by atoms with Crippen LogP contribution in [0, 0.1) is 5.92 Å². The number of carbonyl (C=O) groups excluding carboxylic acids is 1. The molecule has 1 unspecified atom stereocenters. The molecule has 0 fully saturated rings. The lowest BCUT2D eigenvalue weighted by atomic mass is 9.88. The minimum Gasteiger partial charge on any atom is -0.310 e. The number of ketones is 1. The van der Waals surface area contributed by atoms with Gasteiger partial charge in [-0.25, -0.2) is 9.97 Å². The lowest BCUT2D eigenvalue weighted by Crippen LogP contribution is -2.23. The van der Waals surface area contributed by atoms with Gasteiger partial charge in [-0.3, -0.25) is 4.79 Å². The molecular formula is C17H17N3O. The number of benzene rings is 1. The van der Waals surface area contributed by atoms with Crippen molar-refractivity contribution in [3.63, 3.8) is 0 Å². The van der Waals surface area contributed by atoms with Crippen molar-refractivity contribution in [3.8, 4) is 0 Å². The summed E-state index contributed by atoms with van der Waals surface area (Å²) in [5.41, 5.74) is 4.15. The number of carbonyl (C=O) groups is 1. The van der Waals surface area contributed by atoms with E-state index in [1.165, 1.54) is 11.3 Å². The molecule has 1 aliphatic heterocycles. The van der Waals surface area contributed by atoms with Gasteiger partial charge in [-0.1, -0.05) is 25.1 Å². The standard InChI is InChI=1S/C17H17N3O/c1-11-8-14-13(16(21)9-11)10-18-17(19-14)20-7-6-12-4-2-3-5-15(12)20/h2-5,10-11H,6-9H2,1H3. The lowest BCUT2D eigenvalue weighted by molar-refractivity contribution is 0.0951. The van der Waals surface area contributed by atoms with Gasteiger partial charge in [0.25, 0.3) is 0 Å². The second-order valence-corrected chi connectivity index (χ2v) is 6.00. The van der Waals surface area contributed by atoms with Crippen molar-refractivity contribution >= 4 is 17.4 Å². The Morgan fingerprint density at radius 1 is 1.24 bits per heavy atom. The third kappa shape index (κ3) is 2.02. The number of Topliss-reactive ketones (excluding diaryl/α,β-unsaturated/α-hetero) is 1. The highest BCUT2D eigenvalue weighted by Gasteiger charge is 2.27. The van der Waals surface area contributed by atoms with Gasteiger partial charge in [0.05, 0.1) is 11.3 Å². The average molecular weight is 279 g/mol. The Morgan fingerprint density at radius 3 is 3.00 bits per heavy atom. The summed E-state index contributed by atoms with van der Waals surface area (Å²) in [7, 11) is 0. The van der Waals surface area contributed by atoms with Crippen LogP contribution in [0.15, 0.2) is 30.5 Å². The summed E-state index contributed by atoms with van der Waals surface area (Å²) in [5.74, 6) is 1.27. The van der Waals surface area contributed by atoms with Gasteiger partial charge >= 0.3 is 0 Å². The molecule has 0 spiro atoms. The minimum atomic E-state index is 0.178. The maximum absolute atomic E-state index is 12.0. The van der Waals surface area contributed by atoms with Gasteiger partial charge in [0, 0.05) is 24.8 Å². The zero-order valence-electron chi connectivity index (χ0n) is 12.0. The monoisotopic (exact) mass is 279 g/mol. The third-order valence-corrected chi connectivity index (χ3v) is 4.36. The van der Waals surface area contributed by atoms with E-state index < -0.39 is 0 Å². The molecule has 0 saturated carbocycles. The molecule has 1 aromatic carbocycles. The van der Waals surface area contributed by atoms with E-state index in [0.29, 0.717) is 17.9 Å². The predicted octanol–water partition coefficient (Wildman–Crippen LogP) is 2.94. The topological polar surface area (TPSA) is 46.1 Å². The van der Waals surface area contributed by atoms with Crippen LogP contribution in [0.2, 0.25) is 0 Å². The largest absolute Gasteiger partial charge is 0.310 e. The molecule has 0 bridgehead atoms. The quantitative estimate of drug-likeness (QED) is 0.805. The normalized spacial score (nSPS) is 20.3. The SMILES string of the molecule is CC1CC(=O)c2cnc(N3CCc4ccccc43)nc2C1. The zero-order valence-corrected chi connectivity index (χ0v) is 12.0. The summed E-state index contributed by atoms with van der Waals surface area (Å²) in [6.45, 7) is 3.01. The maximum Gasteiger partial charge on any atom is 0.230 e. The zero-order chi connectivity index (χ0) is 14.4. The van der Waals surface area contributed by atoms with Crippen LogP contribution in [0.25, 0.3) is 0 Å². The van der Waals surface area contributed by atoms with Crippen LogP contribution in [-0.2, 0) is 12.8 Å². The molecule has 21 heavy (non-hydrogen) atoms. The smallest absolute Gasteiger partial charge is 0.230 e. The molecule has 1 aromatic heterocycles. The first-order valence-electron chi connectivity index (χ1n) is 7.47. The van der Waals surface area contributed by atoms with Gasteiger partial charge in [0.1, 0.15) is 0 Å². The van der Waals surface area contributed by atoms with Crippen LogP contribution in [-0.4, -0.2) is 22.3 Å². The van der Waals surface area contributed by atoms with Crippen molar-refractivity contribution < 1.29 is 4.79 Å². The minimum absolute atomic E-state index is 0.178. The average Bonchev–Trinajstić information content (AvgIpc) is 2.90. The van der Waals surface area contributed by atoms with E-state index in [4.69, 9.17) is 0 Å². The molecule has 0 radical (unpaired) electrons. The number of fused-ring (bicyclic) bond motifs is 2. The second-order valence-electron chi connectivity index (χ2n) is 6.00. The van der Waals surface area contributed by atoms with E-state index >= 15 is 0 Å². The Kier molecular flexibility index (Phi) is 2.77. The number of hydrogen-bond donors (Lipinski definition) is 0. The van der Waals surface area contributed by atoms with Gasteiger partial charge in [0.2, 0.25) is 5.95 Å². The predicted molar refractivity (Wildman–Crippen MR) is 81.0 cm³/mol. The second kappa shape index (κ2) is 4.65. The van der Waals surface area contributed by atoms with Gasteiger partial charge in [-0.2, -0.15) is 0 Å². The highest BCUT2D eigenvalue weighted by molar-refractivity contribution is 5.98. The molecule has 0 amide bonds. The molecule has 4 heteroatoms. The number of rotatable bonds is 1. The maximum atomic E-state index is 12.0. The van der Waals surface area contributed by atoms with E-state index in [0.717, 1.165) is 31.0 Å². The molecular weight excluding hydrogens is 262 g/mol. The van der Waals surface area contributed by atoms with Gasteiger partial charge in [0.15, 0.2) is 5.78 Å². The molecule has 106 valence electrons. The molecule has 2 aromatic rings. The van der Waals surface area contributed by atoms with Gasteiger partial charge < -0.3 is 4.90 Å². The van der Waals surface area contributed by atoms with Crippen molar-refractivity contribution in [1.29, 1.82) is 0 Å². The number of para-hydroxylation sites is 1. The molecule has 2 aliphatic rings. The van der Waals surface area contributed by atoms with Crippen molar-refractivity contribution in [2.75, 3.05) is 11.4 Å². The summed E-state index contributed by atoms with van der Waals surface area (Å²) in [5, 5.41) is 0. The Morgan fingerprint density at radius 2 is 2.10 bits per heavy atom. The fourth-order valence-corrected chi connectivity index (χ4v) is 3.30. The van der Waals surface area contributed by atoms with E-state index in [2.05, 4.69) is 40.0 Å². The first-order chi connectivity index (χ1) is 10.2. The molecule has 1 aliphatic carbocycles. The first-order valence-corrected chi connectivity index (χ1v) is 7.47. The molecule has 0 saturated heterocycles. The number of hydrogen-bond acceptors (Lipinski definition) is 4. The molecule has 2 heterocycles. The molecule has 1 atom stereocenters. The van der Waals surface area contributed by atoms with Crippen molar-refractivity contribution in [2.45, 2.75) is 26.2 Å². The molecule has 4 nitrogen and oxygen atoms in total. The fraction of sp³-hybridized carbons (Fsp3) is 0.353. The third-order valence-electron chi connectivity index (χ3n) is 4.36. The van der Waals surface area contributed by atoms with E-state index in [9.17, 15) is 4.79 Å². The molecule has 0 N–H and O–H groups in total. The van der Waals surface area contributed by atoms with Crippen molar-refractivity contribution in [2.24, 2.45) is 5.92 Å². The van der Waals surface area contributed by atoms with Crippen LogP contribution in [0.3, 0.4) is 0 Å². The van der Waals surface area contributed by atoms with Crippen LogP contribution < -0.4 is 4.90 Å². The van der Waals surface area contributed by atoms with Gasteiger partial charge in [-0.15, -0.1) is 0 Å². The Bertz CT molecular complexity index is 726. The summed E-state index contributed by atoms with van der Waals surface area (Å²) in [6, 6.07) is 8.37. The summed E-state index contributed by atoms with van der Waals surface area (Å²) >= 11 is 0. The fourth-order valence-electron chi connectivity index (χ4n) is 3.30. The van der Waals surface area contributed by atoms with Crippen LogP contribution in [0.5, 0.6) is 0 Å². The van der Waals surface area contributed by atoms with Crippen molar-refractivity contribution in [3.05, 3.63) is 47.3 Å². The van der Waals surface area contributed by atoms with Crippen LogP contribution in [0.4, 0.5) is 11.6 Å². The Labute approximate surface area is 123 Å². The highest BCUT2D eigenvalue weighted by atomic mass is 16.1. The first kappa shape index (κ1) is 12.5. The molecule has 4 rings (SSSR count). The van der Waals surface area contributed by atoms with E-state index in [-0.39, 0.29) is 5.78 Å². The highest BCUT2D eigenvalue weighted by Crippen LogP contribution is 2.33. The van der Waals surface area contributed by atoms with Crippen molar-refractivity contribution in [1.82, 2.24) is 9.97 Å².